The Morgan fingerprint density at radius 2 is 1.68 bits per heavy atom. The van der Waals surface area contributed by atoms with Crippen LogP contribution >= 0.6 is 0 Å². The molecule has 1 fully saturated rings. The zero-order valence-corrected chi connectivity index (χ0v) is 13.3. The quantitative estimate of drug-likeness (QED) is 0.640. The summed E-state index contributed by atoms with van der Waals surface area (Å²) in [7, 11) is -3.10. The lowest BCUT2D eigenvalue weighted by atomic mass is 9.84. The van der Waals surface area contributed by atoms with Gasteiger partial charge in [0.1, 0.15) is 0 Å². The molecule has 1 rings (SSSR count). The molecule has 0 amide bonds. The molecule has 0 saturated heterocycles. The van der Waals surface area contributed by atoms with Gasteiger partial charge in [-0.3, -0.25) is 0 Å². The Bertz CT molecular complexity index is 322. The summed E-state index contributed by atoms with van der Waals surface area (Å²) < 4.78 is 26.7. The topological polar surface area (TPSA) is 58.2 Å². The summed E-state index contributed by atoms with van der Waals surface area (Å²) in [4.78, 5) is 0. The Labute approximate surface area is 118 Å². The highest BCUT2D eigenvalue weighted by atomic mass is 32.2. The SMILES string of the molecule is CCCNCCS(=O)(=O)NC1CCC(CCC)CC1. The lowest BCUT2D eigenvalue weighted by Crippen LogP contribution is -2.40. The van der Waals surface area contributed by atoms with Gasteiger partial charge in [0, 0.05) is 12.6 Å². The van der Waals surface area contributed by atoms with Crippen LogP contribution in [0.15, 0.2) is 0 Å². The maximum atomic E-state index is 11.9. The van der Waals surface area contributed by atoms with Gasteiger partial charge >= 0.3 is 0 Å². The van der Waals surface area contributed by atoms with Crippen LogP contribution in [-0.4, -0.2) is 33.3 Å². The van der Waals surface area contributed by atoms with Gasteiger partial charge in [0.25, 0.3) is 0 Å². The van der Waals surface area contributed by atoms with Crippen LogP contribution in [0.5, 0.6) is 0 Å². The molecule has 114 valence electrons. The first kappa shape index (κ1) is 16.9. The van der Waals surface area contributed by atoms with Crippen molar-refractivity contribution in [3.05, 3.63) is 0 Å². The van der Waals surface area contributed by atoms with Crippen molar-refractivity contribution in [1.82, 2.24) is 10.0 Å². The van der Waals surface area contributed by atoms with Crippen molar-refractivity contribution in [1.29, 1.82) is 0 Å². The first-order valence-corrected chi connectivity index (χ1v) is 9.43. The van der Waals surface area contributed by atoms with Crippen molar-refractivity contribution in [3.63, 3.8) is 0 Å². The molecule has 0 bridgehead atoms. The average Bonchev–Trinajstić information content (AvgIpc) is 2.37. The molecule has 2 N–H and O–H groups in total. The Morgan fingerprint density at radius 3 is 2.26 bits per heavy atom. The second kappa shape index (κ2) is 8.93. The standard InChI is InChI=1S/C14H30N2O2S/c1-3-5-13-6-8-14(9-7-13)16-19(17,18)12-11-15-10-4-2/h13-16H,3-12H2,1-2H3. The van der Waals surface area contributed by atoms with Crippen LogP contribution in [0.25, 0.3) is 0 Å². The molecule has 1 aliphatic rings. The molecular weight excluding hydrogens is 260 g/mol. The third-order valence-electron chi connectivity index (χ3n) is 3.86. The number of nitrogens with one attached hydrogen (secondary N) is 2. The van der Waals surface area contributed by atoms with Crippen molar-refractivity contribution in [2.45, 2.75) is 64.8 Å². The largest absolute Gasteiger partial charge is 0.316 e. The number of rotatable bonds is 9. The summed E-state index contributed by atoms with van der Waals surface area (Å²) >= 11 is 0. The van der Waals surface area contributed by atoms with Crippen molar-refractivity contribution in [3.8, 4) is 0 Å². The highest BCUT2D eigenvalue weighted by Crippen LogP contribution is 2.27. The van der Waals surface area contributed by atoms with E-state index in [1.54, 1.807) is 0 Å². The predicted octanol–water partition coefficient (Wildman–Crippen LogP) is 2.26. The van der Waals surface area contributed by atoms with Crippen LogP contribution in [0.4, 0.5) is 0 Å². The fourth-order valence-corrected chi connectivity index (χ4v) is 4.07. The smallest absolute Gasteiger partial charge is 0.213 e. The molecule has 0 radical (unpaired) electrons. The van der Waals surface area contributed by atoms with E-state index in [9.17, 15) is 8.42 Å². The molecule has 0 atom stereocenters. The van der Waals surface area contributed by atoms with E-state index in [0.717, 1.165) is 31.7 Å². The molecule has 5 heteroatoms. The van der Waals surface area contributed by atoms with Gasteiger partial charge in [0.2, 0.25) is 10.0 Å². The van der Waals surface area contributed by atoms with E-state index in [1.165, 1.54) is 25.7 Å². The van der Waals surface area contributed by atoms with Crippen LogP contribution < -0.4 is 10.0 Å². The molecule has 0 aromatic rings. The molecule has 0 aromatic carbocycles. The summed E-state index contributed by atoms with van der Waals surface area (Å²) in [6.07, 6.45) is 7.93. The number of hydrogen-bond acceptors (Lipinski definition) is 3. The number of hydrogen-bond donors (Lipinski definition) is 2. The first-order valence-electron chi connectivity index (χ1n) is 7.78. The lowest BCUT2D eigenvalue weighted by molar-refractivity contribution is 0.297. The van der Waals surface area contributed by atoms with E-state index >= 15 is 0 Å². The second-order valence-electron chi connectivity index (χ2n) is 5.69. The second-order valence-corrected chi connectivity index (χ2v) is 7.57. The third-order valence-corrected chi connectivity index (χ3v) is 5.30. The van der Waals surface area contributed by atoms with Crippen LogP contribution in [0, 0.1) is 5.92 Å². The van der Waals surface area contributed by atoms with Crippen LogP contribution in [0.1, 0.15) is 58.8 Å². The minimum absolute atomic E-state index is 0.171. The van der Waals surface area contributed by atoms with Gasteiger partial charge in [-0.1, -0.05) is 26.7 Å². The molecule has 4 nitrogen and oxygen atoms in total. The Hall–Kier alpha value is -0.130. The predicted molar refractivity (Wildman–Crippen MR) is 80.7 cm³/mol. The van der Waals surface area contributed by atoms with Gasteiger partial charge < -0.3 is 5.32 Å². The first-order chi connectivity index (χ1) is 9.07. The normalized spacial score (nSPS) is 24.5. The van der Waals surface area contributed by atoms with Crippen molar-refractivity contribution < 1.29 is 8.42 Å². The van der Waals surface area contributed by atoms with Gasteiger partial charge in [0.05, 0.1) is 5.75 Å². The van der Waals surface area contributed by atoms with Gasteiger partial charge in [0.15, 0.2) is 0 Å². The summed E-state index contributed by atoms with van der Waals surface area (Å²) in [5.41, 5.74) is 0. The Kier molecular flexibility index (Phi) is 7.95. The highest BCUT2D eigenvalue weighted by molar-refractivity contribution is 7.89. The van der Waals surface area contributed by atoms with Crippen LogP contribution in [0.3, 0.4) is 0 Å². The molecular formula is C14H30N2O2S. The summed E-state index contributed by atoms with van der Waals surface area (Å²) in [5, 5.41) is 3.13. The molecule has 19 heavy (non-hydrogen) atoms. The zero-order valence-electron chi connectivity index (χ0n) is 12.5. The summed E-state index contributed by atoms with van der Waals surface area (Å²) in [5.74, 6) is 1.01. The summed E-state index contributed by atoms with van der Waals surface area (Å²) in [6, 6.07) is 0.171. The third kappa shape index (κ3) is 7.28. The monoisotopic (exact) mass is 290 g/mol. The molecule has 0 spiro atoms. The number of sulfonamides is 1. The fraction of sp³-hybridized carbons (Fsp3) is 1.00. The van der Waals surface area contributed by atoms with Gasteiger partial charge in [-0.05, 0) is 44.6 Å². The fourth-order valence-electron chi connectivity index (χ4n) is 2.80. The van der Waals surface area contributed by atoms with Crippen molar-refractivity contribution in [2.24, 2.45) is 5.92 Å². The van der Waals surface area contributed by atoms with E-state index in [0.29, 0.717) is 6.54 Å². The Morgan fingerprint density at radius 1 is 1.00 bits per heavy atom. The van der Waals surface area contributed by atoms with Crippen LogP contribution in [-0.2, 0) is 10.0 Å². The van der Waals surface area contributed by atoms with E-state index in [1.807, 2.05) is 0 Å². The van der Waals surface area contributed by atoms with Gasteiger partial charge in [-0.25, -0.2) is 13.1 Å². The van der Waals surface area contributed by atoms with E-state index in [-0.39, 0.29) is 11.8 Å². The van der Waals surface area contributed by atoms with E-state index in [4.69, 9.17) is 0 Å². The molecule has 1 aliphatic carbocycles. The summed E-state index contributed by atoms with van der Waals surface area (Å²) in [6.45, 7) is 5.73. The van der Waals surface area contributed by atoms with E-state index < -0.39 is 10.0 Å². The molecule has 0 heterocycles. The van der Waals surface area contributed by atoms with Crippen molar-refractivity contribution in [2.75, 3.05) is 18.8 Å². The molecule has 0 aromatic heterocycles. The van der Waals surface area contributed by atoms with Gasteiger partial charge in [-0.15, -0.1) is 0 Å². The lowest BCUT2D eigenvalue weighted by Gasteiger charge is -2.28. The molecule has 1 saturated carbocycles. The van der Waals surface area contributed by atoms with Crippen LogP contribution in [0.2, 0.25) is 0 Å². The minimum atomic E-state index is -3.10. The molecule has 0 aliphatic heterocycles. The minimum Gasteiger partial charge on any atom is -0.316 e. The zero-order chi connectivity index (χ0) is 14.1. The van der Waals surface area contributed by atoms with Crippen molar-refractivity contribution >= 4 is 10.0 Å². The highest BCUT2D eigenvalue weighted by Gasteiger charge is 2.23. The van der Waals surface area contributed by atoms with Gasteiger partial charge in [-0.2, -0.15) is 0 Å². The maximum Gasteiger partial charge on any atom is 0.213 e. The Balaban J connectivity index is 2.23. The van der Waals surface area contributed by atoms with E-state index in [2.05, 4.69) is 23.9 Å². The molecule has 0 unspecified atom stereocenters. The maximum absolute atomic E-state index is 11.9. The average molecular weight is 290 g/mol.